The molecule has 2 unspecified atom stereocenters. The van der Waals surface area contributed by atoms with Crippen LogP contribution in [0.4, 0.5) is 0 Å². The van der Waals surface area contributed by atoms with Crippen molar-refractivity contribution in [2.24, 2.45) is 17.8 Å². The molecule has 0 radical (unpaired) electrons. The van der Waals surface area contributed by atoms with Crippen molar-refractivity contribution in [3.05, 3.63) is 0 Å². The van der Waals surface area contributed by atoms with E-state index in [0.29, 0.717) is 31.6 Å². The maximum atomic E-state index is 13.0. The van der Waals surface area contributed by atoms with Gasteiger partial charge in [0.1, 0.15) is 19.3 Å². The van der Waals surface area contributed by atoms with Crippen LogP contribution in [0.3, 0.4) is 0 Å². The molecule has 522 valence electrons. The van der Waals surface area contributed by atoms with Crippen molar-refractivity contribution in [2.45, 2.75) is 362 Å². The summed E-state index contributed by atoms with van der Waals surface area (Å²) in [7, 11) is -9.89. The monoisotopic (exact) mass is 1300 g/mol. The van der Waals surface area contributed by atoms with Crippen molar-refractivity contribution in [2.75, 3.05) is 39.6 Å². The van der Waals surface area contributed by atoms with Gasteiger partial charge in [0.2, 0.25) is 0 Å². The number of aliphatic hydroxyl groups is 1. The number of carbonyl (C=O) groups is 4. The van der Waals surface area contributed by atoms with Crippen LogP contribution in [-0.2, 0) is 65.4 Å². The molecule has 0 saturated carbocycles. The minimum absolute atomic E-state index is 0.101. The molecule has 88 heavy (non-hydrogen) atoms. The van der Waals surface area contributed by atoms with Crippen LogP contribution < -0.4 is 0 Å². The predicted octanol–water partition coefficient (Wildman–Crippen LogP) is 19.5. The average Bonchev–Trinajstić information content (AvgIpc) is 3.57. The third-order valence-electron chi connectivity index (χ3n) is 15.9. The number of unbranched alkanes of at least 4 members (excludes halogenated alkanes) is 35. The fraction of sp³-hybridized carbons (Fsp3) is 0.942. The van der Waals surface area contributed by atoms with E-state index in [1.54, 1.807) is 0 Å². The summed E-state index contributed by atoms with van der Waals surface area (Å²) in [5.41, 5.74) is 0. The molecule has 0 heterocycles. The third-order valence-corrected chi connectivity index (χ3v) is 17.8. The van der Waals surface area contributed by atoms with Crippen molar-refractivity contribution < 1.29 is 80.2 Å². The lowest BCUT2D eigenvalue weighted by atomic mass is 10.0. The highest BCUT2D eigenvalue weighted by Gasteiger charge is 2.30. The second kappa shape index (κ2) is 60.0. The molecule has 3 N–H and O–H groups in total. The van der Waals surface area contributed by atoms with Gasteiger partial charge in [-0.3, -0.25) is 37.3 Å². The fourth-order valence-electron chi connectivity index (χ4n) is 10.4. The first-order valence-corrected chi connectivity index (χ1v) is 38.8. The second-order valence-corrected chi connectivity index (χ2v) is 29.3. The number of rotatable bonds is 67. The average molecular weight is 1300 g/mol. The molecule has 0 aliphatic carbocycles. The van der Waals surface area contributed by atoms with Crippen LogP contribution in [0.5, 0.6) is 0 Å². The Morgan fingerprint density at radius 2 is 0.523 bits per heavy atom. The maximum Gasteiger partial charge on any atom is 0.472 e. The van der Waals surface area contributed by atoms with Gasteiger partial charge in [0.25, 0.3) is 0 Å². The molecular weight excluding hydrogens is 1160 g/mol. The summed E-state index contributed by atoms with van der Waals surface area (Å²) in [5.74, 6) is 0.121. The summed E-state index contributed by atoms with van der Waals surface area (Å²) in [4.78, 5) is 72.2. The van der Waals surface area contributed by atoms with E-state index < -0.39 is 97.5 Å². The lowest BCUT2D eigenvalue weighted by Crippen LogP contribution is -2.30. The first-order chi connectivity index (χ1) is 42.2. The molecule has 0 rings (SSSR count). The molecule has 17 nitrogen and oxygen atoms in total. The third kappa shape index (κ3) is 62.8. The lowest BCUT2D eigenvalue weighted by Gasteiger charge is -2.21. The number of carbonyl (C=O) groups excluding carboxylic acids is 4. The van der Waals surface area contributed by atoms with E-state index >= 15 is 0 Å². The van der Waals surface area contributed by atoms with Crippen LogP contribution in [0.1, 0.15) is 344 Å². The zero-order valence-electron chi connectivity index (χ0n) is 57.2. The Bertz CT molecular complexity index is 1730. The summed E-state index contributed by atoms with van der Waals surface area (Å²) in [6.45, 7) is 11.7. The highest BCUT2D eigenvalue weighted by Crippen LogP contribution is 2.45. The second-order valence-electron chi connectivity index (χ2n) is 26.3. The van der Waals surface area contributed by atoms with E-state index in [4.69, 9.17) is 37.0 Å². The Hall–Kier alpha value is -1.94. The quantitative estimate of drug-likeness (QED) is 0.0222. The minimum atomic E-state index is -4.95. The summed E-state index contributed by atoms with van der Waals surface area (Å²) in [5, 5.41) is 10.5. The van der Waals surface area contributed by atoms with Crippen molar-refractivity contribution in [1.29, 1.82) is 0 Å². The number of ether oxygens (including phenoxy) is 4. The summed E-state index contributed by atoms with van der Waals surface area (Å²) < 4.78 is 68.0. The summed E-state index contributed by atoms with van der Waals surface area (Å²) in [6.07, 6.45) is 43.7. The van der Waals surface area contributed by atoms with Crippen molar-refractivity contribution in [3.63, 3.8) is 0 Å². The van der Waals surface area contributed by atoms with Crippen LogP contribution >= 0.6 is 15.6 Å². The highest BCUT2D eigenvalue weighted by molar-refractivity contribution is 7.47. The van der Waals surface area contributed by atoms with Gasteiger partial charge in [-0.1, -0.05) is 292 Å². The smallest absolute Gasteiger partial charge is 0.462 e. The molecule has 0 aromatic rings. The number of hydrogen-bond donors (Lipinski definition) is 3. The van der Waals surface area contributed by atoms with Crippen LogP contribution in [0.2, 0.25) is 0 Å². The first kappa shape index (κ1) is 86.1. The fourth-order valence-corrected chi connectivity index (χ4v) is 11.9. The van der Waals surface area contributed by atoms with E-state index in [9.17, 15) is 43.2 Å². The van der Waals surface area contributed by atoms with Gasteiger partial charge in [-0.2, -0.15) is 0 Å². The van der Waals surface area contributed by atoms with E-state index in [-0.39, 0.29) is 25.7 Å². The van der Waals surface area contributed by atoms with Crippen LogP contribution in [0.25, 0.3) is 0 Å². The van der Waals surface area contributed by atoms with Gasteiger partial charge < -0.3 is 33.8 Å². The lowest BCUT2D eigenvalue weighted by molar-refractivity contribution is -0.161. The minimum Gasteiger partial charge on any atom is -0.462 e. The van der Waals surface area contributed by atoms with Crippen molar-refractivity contribution >= 4 is 39.5 Å². The maximum absolute atomic E-state index is 13.0. The van der Waals surface area contributed by atoms with Gasteiger partial charge in [0.05, 0.1) is 26.4 Å². The molecule has 0 aromatic heterocycles. The molecule has 0 saturated heterocycles. The number of esters is 4. The number of hydrogen-bond acceptors (Lipinski definition) is 15. The molecule has 0 fully saturated rings. The predicted molar refractivity (Wildman–Crippen MR) is 354 cm³/mol. The molecule has 0 spiro atoms. The van der Waals surface area contributed by atoms with E-state index in [0.717, 1.165) is 108 Å². The highest BCUT2D eigenvalue weighted by atomic mass is 31.2. The van der Waals surface area contributed by atoms with E-state index in [2.05, 4.69) is 48.5 Å². The molecule has 0 bridgehead atoms. The summed E-state index contributed by atoms with van der Waals surface area (Å²) in [6, 6.07) is 0. The molecule has 0 aromatic carbocycles. The Morgan fingerprint density at radius 1 is 0.307 bits per heavy atom. The Morgan fingerprint density at radius 3 is 0.773 bits per heavy atom. The molecule has 0 aliphatic rings. The van der Waals surface area contributed by atoms with Crippen LogP contribution in [-0.4, -0.2) is 96.7 Å². The van der Waals surface area contributed by atoms with Gasteiger partial charge >= 0.3 is 39.5 Å². The molecular formula is C69H134O17P2. The summed E-state index contributed by atoms with van der Waals surface area (Å²) >= 11 is 0. The van der Waals surface area contributed by atoms with Crippen molar-refractivity contribution in [1.82, 2.24) is 0 Å². The van der Waals surface area contributed by atoms with Crippen molar-refractivity contribution in [3.8, 4) is 0 Å². The zero-order valence-corrected chi connectivity index (χ0v) is 59.0. The Balaban J connectivity index is 5.15. The Labute approximate surface area is 537 Å². The van der Waals surface area contributed by atoms with Gasteiger partial charge in [-0.15, -0.1) is 0 Å². The van der Waals surface area contributed by atoms with Crippen LogP contribution in [0.15, 0.2) is 0 Å². The first-order valence-electron chi connectivity index (χ1n) is 35.8. The molecule has 0 aliphatic heterocycles. The SMILES string of the molecule is CCCCCCCC(=O)OC[C@H](COP(=O)(O)OC[C@H](O)COP(=O)(O)OC[C@@H](COC(=O)CCCCCCCCCCCCCCCC(C)C)OC(=O)CCCCCCCCCCCCCCCCCC(C)C)OC(=O)CCCCCCCCC(C)C. The Kier molecular flexibility index (Phi) is 58.7. The van der Waals surface area contributed by atoms with E-state index in [1.165, 1.54) is 148 Å². The number of aliphatic hydroxyl groups excluding tert-OH is 1. The largest absolute Gasteiger partial charge is 0.472 e. The van der Waals surface area contributed by atoms with Gasteiger partial charge in [0.15, 0.2) is 12.2 Å². The van der Waals surface area contributed by atoms with Gasteiger partial charge in [-0.05, 0) is 43.4 Å². The number of phosphoric acid groups is 2. The number of phosphoric ester groups is 2. The van der Waals surface area contributed by atoms with E-state index in [1.807, 2.05) is 0 Å². The van der Waals surface area contributed by atoms with Crippen LogP contribution in [0, 0.1) is 17.8 Å². The van der Waals surface area contributed by atoms with Gasteiger partial charge in [0, 0.05) is 25.7 Å². The van der Waals surface area contributed by atoms with Gasteiger partial charge in [-0.25, -0.2) is 9.13 Å². The standard InChI is InChI=1S/C69H134O17P2/c1-8-9-10-33-43-50-66(71)79-56-64(86-69(74)53-46-39-32-31-36-42-49-62(6)7)58-83-87(75,76)81-54-63(70)55-82-88(77,78)84-59-65(57-80-67(72)51-44-37-29-25-21-18-14-16-20-24-28-35-41-48-61(4)5)85-68(73)52-45-38-30-26-22-17-13-11-12-15-19-23-27-34-40-47-60(2)3/h60-65,70H,8-59H2,1-7H3,(H,75,76)(H,77,78)/t63-,64+,65+/m0/s1. The molecule has 19 heteroatoms. The zero-order chi connectivity index (χ0) is 65.2. The molecule has 0 amide bonds. The molecule has 5 atom stereocenters. The normalized spacial score (nSPS) is 14.2. The topological polar surface area (TPSA) is 237 Å².